The Labute approximate surface area is 98.3 Å². The van der Waals surface area contributed by atoms with Gasteiger partial charge in [0.25, 0.3) is 0 Å². The van der Waals surface area contributed by atoms with E-state index >= 15 is 0 Å². The number of nitrogens with zero attached hydrogens (tertiary/aromatic N) is 1. The number of rotatable bonds is 5. The van der Waals surface area contributed by atoms with E-state index in [1.165, 1.54) is 20.0 Å². The summed E-state index contributed by atoms with van der Waals surface area (Å²) >= 11 is 0. The number of hydrogen-bond donors (Lipinski definition) is 1. The van der Waals surface area contributed by atoms with E-state index in [1.807, 2.05) is 0 Å². The summed E-state index contributed by atoms with van der Waals surface area (Å²) in [6.45, 7) is 5.39. The minimum atomic E-state index is -0.124. The zero-order valence-corrected chi connectivity index (χ0v) is 10.7. The lowest BCUT2D eigenvalue weighted by atomic mass is 9.98. The second-order valence-electron chi connectivity index (χ2n) is 4.78. The van der Waals surface area contributed by atoms with Gasteiger partial charge in [-0.15, -0.1) is 0 Å². The van der Waals surface area contributed by atoms with Crippen LogP contribution in [0.15, 0.2) is 0 Å². The summed E-state index contributed by atoms with van der Waals surface area (Å²) in [6.07, 6.45) is 3.04. The number of piperidine rings is 1. The van der Waals surface area contributed by atoms with Gasteiger partial charge in [-0.2, -0.15) is 0 Å². The van der Waals surface area contributed by atoms with Crippen LogP contribution in [0, 0.1) is 5.92 Å². The van der Waals surface area contributed by atoms with Gasteiger partial charge in [-0.25, -0.2) is 0 Å². The van der Waals surface area contributed by atoms with Crippen LogP contribution in [0.1, 0.15) is 26.2 Å². The van der Waals surface area contributed by atoms with Gasteiger partial charge in [0.1, 0.15) is 0 Å². The molecule has 4 nitrogen and oxygen atoms in total. The van der Waals surface area contributed by atoms with Crippen molar-refractivity contribution in [3.8, 4) is 0 Å². The molecule has 0 amide bonds. The maximum Gasteiger partial charge on any atom is 0.307 e. The quantitative estimate of drug-likeness (QED) is 0.709. The van der Waals surface area contributed by atoms with Gasteiger partial charge in [-0.3, -0.25) is 4.79 Å². The van der Waals surface area contributed by atoms with Gasteiger partial charge in [0, 0.05) is 12.6 Å². The van der Waals surface area contributed by atoms with Gasteiger partial charge in [-0.05, 0) is 45.8 Å². The van der Waals surface area contributed by atoms with E-state index in [2.05, 4.69) is 28.9 Å². The molecule has 94 valence electrons. The molecule has 1 saturated heterocycles. The molecule has 0 aromatic carbocycles. The van der Waals surface area contributed by atoms with Gasteiger partial charge in [0.15, 0.2) is 0 Å². The van der Waals surface area contributed by atoms with Crippen LogP contribution in [0.4, 0.5) is 0 Å². The van der Waals surface area contributed by atoms with Crippen molar-refractivity contribution in [1.82, 2.24) is 10.2 Å². The standard InChI is InChI=1S/C12H24N2O2/c1-10(7-12(15)16-3)14(2)9-11-5-4-6-13-8-11/h10-11,13H,4-9H2,1-3H3. The molecule has 1 rings (SSSR count). The van der Waals surface area contributed by atoms with Crippen molar-refractivity contribution in [1.29, 1.82) is 0 Å². The van der Waals surface area contributed by atoms with Gasteiger partial charge < -0.3 is 15.0 Å². The molecule has 1 heterocycles. The van der Waals surface area contributed by atoms with Crippen LogP contribution in [0.2, 0.25) is 0 Å². The summed E-state index contributed by atoms with van der Waals surface area (Å²) in [5.74, 6) is 0.597. The van der Waals surface area contributed by atoms with E-state index in [4.69, 9.17) is 0 Å². The number of carbonyl (C=O) groups excluding carboxylic acids is 1. The second-order valence-corrected chi connectivity index (χ2v) is 4.78. The highest BCUT2D eigenvalue weighted by atomic mass is 16.5. The Morgan fingerprint density at radius 3 is 2.94 bits per heavy atom. The average molecular weight is 228 g/mol. The Morgan fingerprint density at radius 2 is 2.38 bits per heavy atom. The van der Waals surface area contributed by atoms with Crippen LogP contribution in [0.5, 0.6) is 0 Å². The van der Waals surface area contributed by atoms with E-state index < -0.39 is 0 Å². The molecule has 0 radical (unpaired) electrons. The van der Waals surface area contributed by atoms with Gasteiger partial charge in [0.2, 0.25) is 0 Å². The van der Waals surface area contributed by atoms with Crippen LogP contribution in [-0.2, 0) is 9.53 Å². The summed E-state index contributed by atoms with van der Waals surface area (Å²) < 4.78 is 4.68. The first-order valence-corrected chi connectivity index (χ1v) is 6.11. The highest BCUT2D eigenvalue weighted by molar-refractivity contribution is 5.69. The van der Waals surface area contributed by atoms with Gasteiger partial charge in [0.05, 0.1) is 13.5 Å². The normalized spacial score (nSPS) is 23.1. The molecule has 16 heavy (non-hydrogen) atoms. The predicted molar refractivity (Wildman–Crippen MR) is 64.3 cm³/mol. The molecule has 1 aliphatic rings. The summed E-state index contributed by atoms with van der Waals surface area (Å²) in [5.41, 5.74) is 0. The Hall–Kier alpha value is -0.610. The maximum absolute atomic E-state index is 11.2. The predicted octanol–water partition coefficient (Wildman–Crippen LogP) is 0.869. The molecule has 1 aliphatic heterocycles. The SMILES string of the molecule is COC(=O)CC(C)N(C)CC1CCCNC1. The van der Waals surface area contributed by atoms with Crippen LogP contribution in [0.3, 0.4) is 0 Å². The maximum atomic E-state index is 11.2. The Morgan fingerprint density at radius 1 is 1.62 bits per heavy atom. The zero-order valence-electron chi connectivity index (χ0n) is 10.7. The first-order chi connectivity index (χ1) is 7.63. The number of methoxy groups -OCH3 is 1. The van der Waals surface area contributed by atoms with Crippen LogP contribution in [-0.4, -0.2) is 50.7 Å². The Bertz CT molecular complexity index is 215. The summed E-state index contributed by atoms with van der Waals surface area (Å²) in [4.78, 5) is 13.4. The third kappa shape index (κ3) is 4.49. The Balaban J connectivity index is 2.26. The number of nitrogens with one attached hydrogen (secondary N) is 1. The van der Waals surface area contributed by atoms with E-state index in [-0.39, 0.29) is 12.0 Å². The number of esters is 1. The van der Waals surface area contributed by atoms with Crippen LogP contribution >= 0.6 is 0 Å². The van der Waals surface area contributed by atoms with E-state index in [1.54, 1.807) is 0 Å². The van der Waals surface area contributed by atoms with Crippen LogP contribution < -0.4 is 5.32 Å². The fourth-order valence-corrected chi connectivity index (χ4v) is 2.15. The second kappa shape index (κ2) is 6.86. The minimum Gasteiger partial charge on any atom is -0.469 e. The average Bonchev–Trinajstić information content (AvgIpc) is 2.30. The third-order valence-electron chi connectivity index (χ3n) is 3.39. The van der Waals surface area contributed by atoms with Crippen molar-refractivity contribution < 1.29 is 9.53 Å². The number of carbonyl (C=O) groups is 1. The fourth-order valence-electron chi connectivity index (χ4n) is 2.15. The molecule has 1 N–H and O–H groups in total. The zero-order chi connectivity index (χ0) is 12.0. The highest BCUT2D eigenvalue weighted by Crippen LogP contribution is 2.13. The van der Waals surface area contributed by atoms with Crippen molar-refractivity contribution in [3.63, 3.8) is 0 Å². The molecule has 2 atom stereocenters. The van der Waals surface area contributed by atoms with Crippen molar-refractivity contribution >= 4 is 5.97 Å². The molecule has 0 bridgehead atoms. The Kier molecular flexibility index (Phi) is 5.77. The smallest absolute Gasteiger partial charge is 0.307 e. The largest absolute Gasteiger partial charge is 0.469 e. The number of hydrogen-bond acceptors (Lipinski definition) is 4. The monoisotopic (exact) mass is 228 g/mol. The molecule has 0 aliphatic carbocycles. The molecule has 0 spiro atoms. The first kappa shape index (κ1) is 13.5. The lowest BCUT2D eigenvalue weighted by Crippen LogP contribution is -2.40. The summed E-state index contributed by atoms with van der Waals surface area (Å²) in [7, 11) is 3.53. The molecule has 0 saturated carbocycles. The number of ether oxygens (including phenoxy) is 1. The van der Waals surface area contributed by atoms with E-state index in [0.29, 0.717) is 6.42 Å². The minimum absolute atomic E-state index is 0.124. The fraction of sp³-hybridized carbons (Fsp3) is 0.917. The van der Waals surface area contributed by atoms with Crippen molar-refractivity contribution in [3.05, 3.63) is 0 Å². The third-order valence-corrected chi connectivity index (χ3v) is 3.39. The highest BCUT2D eigenvalue weighted by Gasteiger charge is 2.19. The van der Waals surface area contributed by atoms with Crippen molar-refractivity contribution in [2.45, 2.75) is 32.2 Å². The van der Waals surface area contributed by atoms with Crippen LogP contribution in [0.25, 0.3) is 0 Å². The van der Waals surface area contributed by atoms with Gasteiger partial charge >= 0.3 is 5.97 Å². The molecule has 4 heteroatoms. The van der Waals surface area contributed by atoms with Crippen molar-refractivity contribution in [2.75, 3.05) is 33.8 Å². The molecular formula is C12H24N2O2. The van der Waals surface area contributed by atoms with Gasteiger partial charge in [-0.1, -0.05) is 0 Å². The topological polar surface area (TPSA) is 41.6 Å². The molecule has 0 aromatic rings. The molecule has 2 unspecified atom stereocenters. The first-order valence-electron chi connectivity index (χ1n) is 6.11. The summed E-state index contributed by atoms with van der Waals surface area (Å²) in [6, 6.07) is 0.259. The molecule has 0 aromatic heterocycles. The molecular weight excluding hydrogens is 204 g/mol. The van der Waals surface area contributed by atoms with E-state index in [0.717, 1.165) is 25.6 Å². The van der Waals surface area contributed by atoms with E-state index in [9.17, 15) is 4.79 Å². The summed E-state index contributed by atoms with van der Waals surface area (Å²) in [5, 5.41) is 3.41. The lowest BCUT2D eigenvalue weighted by molar-refractivity contribution is -0.141. The van der Waals surface area contributed by atoms with Crippen molar-refractivity contribution in [2.24, 2.45) is 5.92 Å². The lowest BCUT2D eigenvalue weighted by Gasteiger charge is -2.30. The molecule has 1 fully saturated rings.